The molecule has 0 aliphatic heterocycles. The molecule has 2 aromatic carbocycles. The van der Waals surface area contributed by atoms with Gasteiger partial charge in [-0.2, -0.15) is 0 Å². The Labute approximate surface area is 94.4 Å². The van der Waals surface area contributed by atoms with Gasteiger partial charge in [-0.3, -0.25) is 4.79 Å². The van der Waals surface area contributed by atoms with Crippen molar-refractivity contribution in [3.05, 3.63) is 59.2 Å². The second kappa shape index (κ2) is 3.60. The Bertz CT molecular complexity index is 594. The monoisotopic (exact) mass is 208 g/mol. The molecule has 3 rings (SSSR count). The Kier molecular flexibility index (Phi) is 2.10. The number of hydrogen-bond donors (Lipinski definition) is 0. The Morgan fingerprint density at radius 2 is 1.81 bits per heavy atom. The van der Waals surface area contributed by atoms with Gasteiger partial charge in [0, 0.05) is 5.56 Å². The molecule has 0 spiro atoms. The first-order valence-electron chi connectivity index (χ1n) is 5.53. The Balaban J connectivity index is 2.33. The third-order valence-electron chi connectivity index (χ3n) is 3.22. The van der Waals surface area contributed by atoms with Crippen LogP contribution >= 0.6 is 0 Å². The molecule has 0 aromatic heterocycles. The van der Waals surface area contributed by atoms with E-state index in [9.17, 15) is 4.79 Å². The van der Waals surface area contributed by atoms with Crippen molar-refractivity contribution >= 4 is 17.1 Å². The lowest BCUT2D eigenvalue weighted by Crippen LogP contribution is -1.98. The van der Waals surface area contributed by atoms with Crippen molar-refractivity contribution in [3.63, 3.8) is 0 Å². The zero-order valence-electron chi connectivity index (χ0n) is 8.94. The van der Waals surface area contributed by atoms with Gasteiger partial charge in [-0.1, -0.05) is 36.4 Å². The van der Waals surface area contributed by atoms with Crippen LogP contribution in [0.5, 0.6) is 0 Å². The predicted octanol–water partition coefficient (Wildman–Crippen LogP) is 3.31. The van der Waals surface area contributed by atoms with Crippen molar-refractivity contribution < 1.29 is 4.79 Å². The summed E-state index contributed by atoms with van der Waals surface area (Å²) < 4.78 is 0. The summed E-state index contributed by atoms with van der Waals surface area (Å²) in [5.41, 5.74) is 3.53. The summed E-state index contributed by atoms with van der Waals surface area (Å²) in [7, 11) is 0. The van der Waals surface area contributed by atoms with Crippen molar-refractivity contribution in [3.8, 4) is 0 Å². The van der Waals surface area contributed by atoms with E-state index in [1.807, 2.05) is 18.2 Å². The van der Waals surface area contributed by atoms with Gasteiger partial charge in [0.1, 0.15) is 6.29 Å². The third kappa shape index (κ3) is 1.36. The van der Waals surface area contributed by atoms with Gasteiger partial charge in [-0.05, 0) is 40.8 Å². The molecule has 0 unspecified atom stereocenters. The maximum Gasteiger partial charge on any atom is 0.150 e. The normalized spacial score (nSPS) is 13.8. The standard InChI is InChI=1S/C15H12O/c16-10-11-5-6-13-8-7-12-3-1-2-4-14(12)15(13)9-11/h1-2,5-10H,3-4H2. The van der Waals surface area contributed by atoms with Crippen LogP contribution in [0, 0.1) is 0 Å². The van der Waals surface area contributed by atoms with Gasteiger partial charge in [0.05, 0.1) is 0 Å². The summed E-state index contributed by atoms with van der Waals surface area (Å²) in [4.78, 5) is 10.8. The number of fused-ring (bicyclic) bond motifs is 3. The molecule has 1 heteroatoms. The summed E-state index contributed by atoms with van der Waals surface area (Å²) in [6, 6.07) is 10.2. The fourth-order valence-electron chi connectivity index (χ4n) is 2.36. The van der Waals surface area contributed by atoms with E-state index in [0.29, 0.717) is 0 Å². The van der Waals surface area contributed by atoms with Crippen molar-refractivity contribution in [2.45, 2.75) is 12.8 Å². The van der Waals surface area contributed by atoms with Crippen LogP contribution in [0.15, 0.2) is 42.5 Å². The minimum absolute atomic E-state index is 0.760. The maximum absolute atomic E-state index is 10.8. The van der Waals surface area contributed by atoms with E-state index in [0.717, 1.165) is 24.7 Å². The first kappa shape index (κ1) is 9.34. The molecule has 0 saturated carbocycles. The van der Waals surface area contributed by atoms with E-state index >= 15 is 0 Å². The summed E-state index contributed by atoms with van der Waals surface area (Å²) in [6.45, 7) is 0. The number of carbonyl (C=O) groups excluding carboxylic acids is 1. The molecule has 2 aromatic rings. The Hall–Kier alpha value is -1.89. The first-order valence-corrected chi connectivity index (χ1v) is 5.53. The molecule has 0 radical (unpaired) electrons. The fourth-order valence-corrected chi connectivity index (χ4v) is 2.36. The molecule has 1 nitrogen and oxygen atoms in total. The molecule has 0 atom stereocenters. The molecule has 0 saturated heterocycles. The second-order valence-corrected chi connectivity index (χ2v) is 4.18. The summed E-state index contributed by atoms with van der Waals surface area (Å²) in [6.07, 6.45) is 7.32. The molecule has 0 heterocycles. The summed E-state index contributed by atoms with van der Waals surface area (Å²) in [5, 5.41) is 2.45. The smallest absolute Gasteiger partial charge is 0.150 e. The molecule has 1 aliphatic carbocycles. The number of aldehydes is 1. The molecule has 16 heavy (non-hydrogen) atoms. The van der Waals surface area contributed by atoms with Crippen LogP contribution in [-0.4, -0.2) is 6.29 Å². The molecule has 0 amide bonds. The van der Waals surface area contributed by atoms with Gasteiger partial charge in [0.2, 0.25) is 0 Å². The van der Waals surface area contributed by atoms with Gasteiger partial charge in [0.25, 0.3) is 0 Å². The number of allylic oxidation sites excluding steroid dienone is 2. The van der Waals surface area contributed by atoms with Crippen LogP contribution in [-0.2, 0) is 12.8 Å². The second-order valence-electron chi connectivity index (χ2n) is 4.18. The van der Waals surface area contributed by atoms with E-state index in [4.69, 9.17) is 0 Å². The van der Waals surface area contributed by atoms with Gasteiger partial charge in [-0.25, -0.2) is 0 Å². The van der Waals surface area contributed by atoms with Crippen LogP contribution in [0.25, 0.3) is 10.8 Å². The van der Waals surface area contributed by atoms with Crippen LogP contribution in [0.2, 0.25) is 0 Å². The first-order chi connectivity index (χ1) is 7.88. The number of carbonyl (C=O) groups is 1. The van der Waals surface area contributed by atoms with Gasteiger partial charge in [0.15, 0.2) is 0 Å². The van der Waals surface area contributed by atoms with E-state index < -0.39 is 0 Å². The van der Waals surface area contributed by atoms with Gasteiger partial charge in [-0.15, -0.1) is 0 Å². The lowest BCUT2D eigenvalue weighted by atomic mass is 9.91. The molecular weight excluding hydrogens is 196 g/mol. The fraction of sp³-hybridized carbons (Fsp3) is 0.133. The summed E-state index contributed by atoms with van der Waals surface area (Å²) >= 11 is 0. The van der Waals surface area contributed by atoms with E-state index in [1.54, 1.807) is 0 Å². The van der Waals surface area contributed by atoms with E-state index in [1.165, 1.54) is 21.9 Å². The molecule has 1 aliphatic rings. The Morgan fingerprint density at radius 1 is 1.00 bits per heavy atom. The number of rotatable bonds is 1. The van der Waals surface area contributed by atoms with Crippen molar-refractivity contribution in [1.82, 2.24) is 0 Å². The van der Waals surface area contributed by atoms with Crippen LogP contribution in [0.3, 0.4) is 0 Å². The highest BCUT2D eigenvalue weighted by Gasteiger charge is 2.09. The highest BCUT2D eigenvalue weighted by atomic mass is 16.1. The van der Waals surface area contributed by atoms with E-state index in [-0.39, 0.29) is 0 Å². The van der Waals surface area contributed by atoms with Crippen LogP contribution < -0.4 is 0 Å². The van der Waals surface area contributed by atoms with Crippen LogP contribution in [0.1, 0.15) is 21.5 Å². The van der Waals surface area contributed by atoms with Gasteiger partial charge < -0.3 is 0 Å². The van der Waals surface area contributed by atoms with Crippen molar-refractivity contribution in [2.24, 2.45) is 0 Å². The number of hydrogen-bond acceptors (Lipinski definition) is 1. The number of benzene rings is 2. The zero-order chi connectivity index (χ0) is 11.0. The molecule has 0 bridgehead atoms. The van der Waals surface area contributed by atoms with Gasteiger partial charge >= 0.3 is 0 Å². The average Bonchev–Trinajstić information content (AvgIpc) is 2.38. The summed E-state index contributed by atoms with van der Waals surface area (Å²) in [5.74, 6) is 0. The minimum atomic E-state index is 0.760. The lowest BCUT2D eigenvalue weighted by Gasteiger charge is -2.14. The quantitative estimate of drug-likeness (QED) is 0.519. The zero-order valence-corrected chi connectivity index (χ0v) is 8.94. The molecule has 0 N–H and O–H groups in total. The third-order valence-corrected chi connectivity index (χ3v) is 3.22. The highest BCUT2D eigenvalue weighted by Crippen LogP contribution is 2.27. The minimum Gasteiger partial charge on any atom is -0.298 e. The maximum atomic E-state index is 10.8. The molecular formula is C15H12O. The SMILES string of the molecule is O=Cc1ccc2ccc3c(c2c1)CC=CC3. The van der Waals surface area contributed by atoms with Crippen LogP contribution in [0.4, 0.5) is 0 Å². The lowest BCUT2D eigenvalue weighted by molar-refractivity contribution is 0.112. The topological polar surface area (TPSA) is 17.1 Å². The highest BCUT2D eigenvalue weighted by molar-refractivity contribution is 5.92. The van der Waals surface area contributed by atoms with E-state index in [2.05, 4.69) is 24.3 Å². The van der Waals surface area contributed by atoms with Crippen molar-refractivity contribution in [1.29, 1.82) is 0 Å². The molecule has 78 valence electrons. The predicted molar refractivity (Wildman–Crippen MR) is 65.9 cm³/mol. The molecule has 0 fully saturated rings. The Morgan fingerprint density at radius 3 is 2.69 bits per heavy atom. The average molecular weight is 208 g/mol. The van der Waals surface area contributed by atoms with Crippen molar-refractivity contribution in [2.75, 3.05) is 0 Å². The largest absolute Gasteiger partial charge is 0.298 e.